The zero-order valence-corrected chi connectivity index (χ0v) is 11.7. The van der Waals surface area contributed by atoms with Crippen molar-refractivity contribution in [3.8, 4) is 0 Å². The molecule has 0 bridgehead atoms. The quantitative estimate of drug-likeness (QED) is 0.493. The molecule has 1 aromatic carbocycles. The summed E-state index contributed by atoms with van der Waals surface area (Å²) in [6, 6.07) is 4.50. The molecule has 0 aliphatic heterocycles. The molecular weight excluding hydrogens is 344 g/mol. The minimum atomic E-state index is 1.20. The van der Waals surface area contributed by atoms with Gasteiger partial charge < -0.3 is 0 Å². The van der Waals surface area contributed by atoms with Crippen LogP contribution < -0.4 is 0 Å². The number of fused-ring (bicyclic) bond motifs is 2. The summed E-state index contributed by atoms with van der Waals surface area (Å²) in [6.45, 7) is 0. The van der Waals surface area contributed by atoms with Crippen LogP contribution in [0.25, 0.3) is 20.2 Å². The maximum Gasteiger partial charge on any atom is 0.0361 e. The summed E-state index contributed by atoms with van der Waals surface area (Å²) in [6.07, 6.45) is 0. The first-order chi connectivity index (χ1) is 6.75. The van der Waals surface area contributed by atoms with Crippen LogP contribution in [-0.4, -0.2) is 0 Å². The van der Waals surface area contributed by atoms with Gasteiger partial charge in [-0.15, -0.1) is 22.7 Å². The van der Waals surface area contributed by atoms with Crippen LogP contribution in [0.3, 0.4) is 0 Å². The van der Waals surface area contributed by atoms with E-state index in [0.29, 0.717) is 0 Å². The van der Waals surface area contributed by atoms with Gasteiger partial charge >= 0.3 is 0 Å². The van der Waals surface area contributed by atoms with Crippen LogP contribution in [0.4, 0.5) is 0 Å². The number of hydrogen-bond acceptors (Lipinski definition) is 2. The number of rotatable bonds is 0. The Morgan fingerprint density at radius 1 is 0.786 bits per heavy atom. The maximum absolute atomic E-state index is 3.56. The van der Waals surface area contributed by atoms with E-state index in [0.717, 1.165) is 0 Å². The van der Waals surface area contributed by atoms with Crippen LogP contribution in [0.1, 0.15) is 0 Å². The molecule has 0 amide bonds. The summed E-state index contributed by atoms with van der Waals surface area (Å²) in [4.78, 5) is 0. The predicted molar refractivity (Wildman–Crippen MR) is 72.6 cm³/mol. The molecule has 3 aromatic rings. The molecule has 0 fully saturated rings. The molecule has 70 valence electrons. The van der Waals surface area contributed by atoms with Crippen molar-refractivity contribution >= 4 is 74.7 Å². The number of thiophene rings is 2. The van der Waals surface area contributed by atoms with Crippen LogP contribution in [-0.2, 0) is 0 Å². The van der Waals surface area contributed by atoms with Crippen molar-refractivity contribution < 1.29 is 0 Å². The SMILES string of the molecule is Brc1csc2cc3c(Br)csc3cc12. The molecule has 0 saturated heterocycles. The molecule has 2 aromatic heterocycles. The largest absolute Gasteiger partial charge is 0.143 e. The second-order valence-electron chi connectivity index (χ2n) is 3.01. The molecule has 0 saturated carbocycles. The van der Waals surface area contributed by atoms with E-state index < -0.39 is 0 Å². The molecule has 0 spiro atoms. The van der Waals surface area contributed by atoms with Crippen molar-refractivity contribution in [3.63, 3.8) is 0 Å². The van der Waals surface area contributed by atoms with Gasteiger partial charge in [0.2, 0.25) is 0 Å². The lowest BCUT2D eigenvalue weighted by molar-refractivity contribution is 1.94. The second-order valence-corrected chi connectivity index (χ2v) is 6.54. The first-order valence-electron chi connectivity index (χ1n) is 3.99. The summed E-state index contributed by atoms with van der Waals surface area (Å²) in [5.74, 6) is 0. The summed E-state index contributed by atoms with van der Waals surface area (Å²) in [5.41, 5.74) is 0. The molecule has 0 aliphatic rings. The van der Waals surface area contributed by atoms with Crippen molar-refractivity contribution in [2.45, 2.75) is 0 Å². The van der Waals surface area contributed by atoms with Gasteiger partial charge in [-0.25, -0.2) is 0 Å². The summed E-state index contributed by atoms with van der Waals surface area (Å²) >= 11 is 10.7. The third-order valence-electron chi connectivity index (χ3n) is 2.18. The molecule has 4 heteroatoms. The van der Waals surface area contributed by atoms with Crippen LogP contribution in [0, 0.1) is 0 Å². The van der Waals surface area contributed by atoms with E-state index in [9.17, 15) is 0 Å². The van der Waals surface area contributed by atoms with E-state index >= 15 is 0 Å². The topological polar surface area (TPSA) is 0 Å². The molecule has 3 rings (SSSR count). The van der Waals surface area contributed by atoms with Gasteiger partial charge in [0.15, 0.2) is 0 Å². The molecule has 0 unspecified atom stereocenters. The Labute approximate surface area is 106 Å². The summed E-state index contributed by atoms with van der Waals surface area (Å²) in [5, 5.41) is 6.92. The van der Waals surface area contributed by atoms with Crippen LogP contribution in [0.2, 0.25) is 0 Å². The van der Waals surface area contributed by atoms with Crippen molar-refractivity contribution in [3.05, 3.63) is 31.8 Å². The minimum Gasteiger partial charge on any atom is -0.143 e. The van der Waals surface area contributed by atoms with Gasteiger partial charge in [0.1, 0.15) is 0 Å². The first kappa shape index (κ1) is 9.33. The normalized spacial score (nSPS) is 11.6. The highest BCUT2D eigenvalue weighted by Gasteiger charge is 2.06. The first-order valence-corrected chi connectivity index (χ1v) is 7.33. The second kappa shape index (κ2) is 3.30. The molecular formula is C10H4Br2S2. The fraction of sp³-hybridized carbons (Fsp3) is 0. The highest BCUT2D eigenvalue weighted by molar-refractivity contribution is 9.11. The molecule has 2 heterocycles. The van der Waals surface area contributed by atoms with Gasteiger partial charge in [-0.1, -0.05) is 0 Å². The van der Waals surface area contributed by atoms with Crippen LogP contribution in [0.5, 0.6) is 0 Å². The standard InChI is InChI=1S/C10H4Br2S2/c11-7-3-14-10-2-6-8(12)4-13-9(6)1-5(7)10/h1-4H. The zero-order valence-electron chi connectivity index (χ0n) is 6.88. The molecule has 14 heavy (non-hydrogen) atoms. The van der Waals surface area contributed by atoms with E-state index in [1.165, 1.54) is 29.1 Å². The highest BCUT2D eigenvalue weighted by Crippen LogP contribution is 2.38. The number of hydrogen-bond donors (Lipinski definition) is 0. The lowest BCUT2D eigenvalue weighted by Gasteiger charge is -1.93. The maximum atomic E-state index is 3.56. The smallest absolute Gasteiger partial charge is 0.0361 e. The van der Waals surface area contributed by atoms with Gasteiger partial charge in [-0.05, 0) is 44.0 Å². The summed E-state index contributed by atoms with van der Waals surface area (Å²) in [7, 11) is 0. The Hall–Kier alpha value is 0.1000. The number of benzene rings is 1. The fourth-order valence-electron chi connectivity index (χ4n) is 1.49. The Morgan fingerprint density at radius 3 is 1.64 bits per heavy atom. The molecule has 0 N–H and O–H groups in total. The van der Waals surface area contributed by atoms with Crippen molar-refractivity contribution in [1.29, 1.82) is 0 Å². The Bertz CT molecular complexity index is 565. The van der Waals surface area contributed by atoms with Gasteiger partial charge in [-0.3, -0.25) is 0 Å². The van der Waals surface area contributed by atoms with E-state index in [4.69, 9.17) is 0 Å². The van der Waals surface area contributed by atoms with Crippen molar-refractivity contribution in [2.24, 2.45) is 0 Å². The molecule has 0 atom stereocenters. The van der Waals surface area contributed by atoms with E-state index in [1.54, 1.807) is 22.7 Å². The third kappa shape index (κ3) is 1.28. The van der Waals surface area contributed by atoms with Gasteiger partial charge in [-0.2, -0.15) is 0 Å². The minimum absolute atomic E-state index is 1.20. The van der Waals surface area contributed by atoms with Gasteiger partial charge in [0.25, 0.3) is 0 Å². The van der Waals surface area contributed by atoms with Gasteiger partial charge in [0, 0.05) is 39.9 Å². The third-order valence-corrected chi connectivity index (χ3v) is 5.98. The monoisotopic (exact) mass is 346 g/mol. The summed E-state index contributed by atoms with van der Waals surface area (Å²) < 4.78 is 5.07. The zero-order chi connectivity index (χ0) is 9.71. The fourth-order valence-corrected chi connectivity index (χ4v) is 4.64. The van der Waals surface area contributed by atoms with Crippen molar-refractivity contribution in [2.75, 3.05) is 0 Å². The Morgan fingerprint density at radius 2 is 1.21 bits per heavy atom. The predicted octanol–water partition coefficient (Wildman–Crippen LogP) is 5.64. The molecule has 0 nitrogen and oxygen atoms in total. The van der Waals surface area contributed by atoms with E-state index in [-0.39, 0.29) is 0 Å². The average molecular weight is 348 g/mol. The average Bonchev–Trinajstić information content (AvgIpc) is 2.71. The number of halogens is 2. The van der Waals surface area contributed by atoms with Crippen LogP contribution in [0.15, 0.2) is 31.8 Å². The van der Waals surface area contributed by atoms with E-state index in [2.05, 4.69) is 54.8 Å². The van der Waals surface area contributed by atoms with Gasteiger partial charge in [0.05, 0.1) is 0 Å². The highest BCUT2D eigenvalue weighted by atomic mass is 79.9. The lowest BCUT2D eigenvalue weighted by Crippen LogP contribution is -1.65. The van der Waals surface area contributed by atoms with Crippen LogP contribution >= 0.6 is 54.5 Å². The molecule has 0 aliphatic carbocycles. The Kier molecular flexibility index (Phi) is 2.20. The van der Waals surface area contributed by atoms with E-state index in [1.807, 2.05) is 0 Å². The van der Waals surface area contributed by atoms with Crippen molar-refractivity contribution in [1.82, 2.24) is 0 Å². The molecule has 0 radical (unpaired) electrons. The Balaban J connectivity index is 2.56. The lowest BCUT2D eigenvalue weighted by atomic mass is 10.2.